The average Bonchev–Trinajstić information content (AvgIpc) is 2.31. The Morgan fingerprint density at radius 2 is 2.12 bits per heavy atom. The molecule has 0 radical (unpaired) electrons. The topological polar surface area (TPSA) is 66.6 Å². The van der Waals surface area contributed by atoms with Crippen molar-refractivity contribution in [2.75, 3.05) is 25.4 Å². The third kappa shape index (κ3) is 3.46. The van der Waals surface area contributed by atoms with Crippen LogP contribution in [0.25, 0.3) is 0 Å². The van der Waals surface area contributed by atoms with Crippen LogP contribution in [0.5, 0.6) is 0 Å². The fourth-order valence-corrected chi connectivity index (χ4v) is 1.75. The van der Waals surface area contributed by atoms with Crippen LogP contribution in [0, 0.1) is 6.92 Å². The van der Waals surface area contributed by atoms with Crippen molar-refractivity contribution < 1.29 is 9.90 Å². The van der Waals surface area contributed by atoms with Gasteiger partial charge in [0.25, 0.3) is 5.91 Å². The molecule has 0 heterocycles. The maximum atomic E-state index is 12.3. The van der Waals surface area contributed by atoms with Crippen LogP contribution in [0.4, 0.5) is 5.69 Å². The third-order valence-corrected chi connectivity index (χ3v) is 2.64. The first-order valence-corrected chi connectivity index (χ1v) is 5.86. The largest absolute Gasteiger partial charge is 0.399 e. The monoisotopic (exact) mass is 236 g/mol. The van der Waals surface area contributed by atoms with Crippen molar-refractivity contribution in [2.45, 2.75) is 20.3 Å². The Bertz CT molecular complexity index is 385. The van der Waals surface area contributed by atoms with Gasteiger partial charge < -0.3 is 15.7 Å². The number of aliphatic hydroxyl groups is 1. The number of hydrogen-bond acceptors (Lipinski definition) is 3. The minimum atomic E-state index is -0.0642. The van der Waals surface area contributed by atoms with Crippen LogP contribution in [-0.4, -0.2) is 35.6 Å². The second kappa shape index (κ2) is 6.25. The maximum absolute atomic E-state index is 12.3. The van der Waals surface area contributed by atoms with E-state index >= 15 is 0 Å². The SMILES string of the molecule is CCCN(CCO)C(=O)c1cc(N)ccc1C. The molecule has 0 spiro atoms. The van der Waals surface area contributed by atoms with E-state index in [0.717, 1.165) is 12.0 Å². The van der Waals surface area contributed by atoms with Gasteiger partial charge >= 0.3 is 0 Å². The molecule has 0 bridgehead atoms. The van der Waals surface area contributed by atoms with E-state index in [1.54, 1.807) is 17.0 Å². The van der Waals surface area contributed by atoms with Gasteiger partial charge in [0.15, 0.2) is 0 Å². The van der Waals surface area contributed by atoms with Gasteiger partial charge in [0.05, 0.1) is 6.61 Å². The van der Waals surface area contributed by atoms with E-state index in [4.69, 9.17) is 10.8 Å². The molecule has 17 heavy (non-hydrogen) atoms. The molecule has 0 saturated heterocycles. The number of carbonyl (C=O) groups is 1. The number of hydrogen-bond donors (Lipinski definition) is 2. The number of amides is 1. The number of anilines is 1. The van der Waals surface area contributed by atoms with Crippen LogP contribution < -0.4 is 5.73 Å². The maximum Gasteiger partial charge on any atom is 0.254 e. The van der Waals surface area contributed by atoms with Gasteiger partial charge in [-0.3, -0.25) is 4.79 Å². The number of benzene rings is 1. The fraction of sp³-hybridized carbons (Fsp3) is 0.462. The van der Waals surface area contributed by atoms with Crippen molar-refractivity contribution in [3.63, 3.8) is 0 Å². The summed E-state index contributed by atoms with van der Waals surface area (Å²) in [5.41, 5.74) is 7.80. The van der Waals surface area contributed by atoms with Crippen molar-refractivity contribution in [2.24, 2.45) is 0 Å². The van der Waals surface area contributed by atoms with Gasteiger partial charge in [0.2, 0.25) is 0 Å². The van der Waals surface area contributed by atoms with Crippen molar-refractivity contribution in [3.8, 4) is 0 Å². The summed E-state index contributed by atoms with van der Waals surface area (Å²) in [4.78, 5) is 13.9. The van der Waals surface area contributed by atoms with Crippen molar-refractivity contribution in [3.05, 3.63) is 29.3 Å². The second-order valence-electron chi connectivity index (χ2n) is 4.09. The minimum Gasteiger partial charge on any atom is -0.399 e. The van der Waals surface area contributed by atoms with E-state index in [1.165, 1.54) is 0 Å². The molecule has 0 aliphatic heterocycles. The predicted octanol–water partition coefficient (Wildman–Crippen LogP) is 1.42. The van der Waals surface area contributed by atoms with Gasteiger partial charge in [-0.25, -0.2) is 0 Å². The summed E-state index contributed by atoms with van der Waals surface area (Å²) in [5, 5.41) is 8.96. The molecule has 0 aliphatic carbocycles. The Labute approximate surface area is 102 Å². The molecule has 4 nitrogen and oxygen atoms in total. The minimum absolute atomic E-state index is 0.0207. The molecule has 1 aromatic carbocycles. The summed E-state index contributed by atoms with van der Waals surface area (Å²) in [5.74, 6) is -0.0642. The number of carbonyl (C=O) groups excluding carboxylic acids is 1. The van der Waals surface area contributed by atoms with Crippen molar-refractivity contribution in [1.29, 1.82) is 0 Å². The van der Waals surface area contributed by atoms with E-state index in [0.29, 0.717) is 24.3 Å². The normalized spacial score (nSPS) is 10.3. The van der Waals surface area contributed by atoms with E-state index in [-0.39, 0.29) is 12.5 Å². The fourth-order valence-electron chi connectivity index (χ4n) is 1.75. The molecule has 0 aromatic heterocycles. The van der Waals surface area contributed by atoms with Gasteiger partial charge in [-0.2, -0.15) is 0 Å². The van der Waals surface area contributed by atoms with Crippen LogP contribution in [0.1, 0.15) is 29.3 Å². The Morgan fingerprint density at radius 1 is 1.41 bits per heavy atom. The highest BCUT2D eigenvalue weighted by Gasteiger charge is 2.16. The van der Waals surface area contributed by atoms with Gasteiger partial charge in [-0.15, -0.1) is 0 Å². The molecule has 0 unspecified atom stereocenters. The summed E-state index contributed by atoms with van der Waals surface area (Å²) in [6.45, 7) is 4.88. The highest BCUT2D eigenvalue weighted by atomic mass is 16.3. The summed E-state index contributed by atoms with van der Waals surface area (Å²) >= 11 is 0. The van der Waals surface area contributed by atoms with Crippen LogP contribution >= 0.6 is 0 Å². The number of nitrogens with two attached hydrogens (primary N) is 1. The zero-order valence-electron chi connectivity index (χ0n) is 10.4. The first kappa shape index (κ1) is 13.5. The van der Waals surface area contributed by atoms with E-state index in [9.17, 15) is 4.79 Å². The Morgan fingerprint density at radius 3 is 2.71 bits per heavy atom. The molecule has 4 heteroatoms. The van der Waals surface area contributed by atoms with Gasteiger partial charge in [0, 0.05) is 24.3 Å². The lowest BCUT2D eigenvalue weighted by molar-refractivity contribution is 0.0721. The van der Waals surface area contributed by atoms with E-state index in [1.807, 2.05) is 19.9 Å². The van der Waals surface area contributed by atoms with Gasteiger partial charge in [0.1, 0.15) is 0 Å². The zero-order chi connectivity index (χ0) is 12.8. The Hall–Kier alpha value is -1.55. The van der Waals surface area contributed by atoms with E-state index < -0.39 is 0 Å². The highest BCUT2D eigenvalue weighted by Crippen LogP contribution is 2.15. The number of aryl methyl sites for hydroxylation is 1. The molecule has 0 atom stereocenters. The van der Waals surface area contributed by atoms with Gasteiger partial charge in [-0.1, -0.05) is 13.0 Å². The first-order chi connectivity index (χ1) is 8.10. The van der Waals surface area contributed by atoms with Crippen molar-refractivity contribution in [1.82, 2.24) is 4.90 Å². The highest BCUT2D eigenvalue weighted by molar-refractivity contribution is 5.96. The Kier molecular flexibility index (Phi) is 4.97. The molecule has 1 aromatic rings. The molecular weight excluding hydrogens is 216 g/mol. The Balaban J connectivity index is 2.95. The smallest absolute Gasteiger partial charge is 0.254 e. The quantitative estimate of drug-likeness (QED) is 0.760. The lowest BCUT2D eigenvalue weighted by Crippen LogP contribution is -2.34. The summed E-state index contributed by atoms with van der Waals surface area (Å²) < 4.78 is 0. The molecule has 0 saturated carbocycles. The molecule has 1 rings (SSSR count). The standard InChI is InChI=1S/C13H20N2O2/c1-3-6-15(7-8-16)13(17)12-9-11(14)5-4-10(12)2/h4-5,9,16H,3,6-8,14H2,1-2H3. The number of nitrogens with zero attached hydrogens (tertiary/aromatic N) is 1. The third-order valence-electron chi connectivity index (χ3n) is 2.64. The number of aliphatic hydroxyl groups excluding tert-OH is 1. The van der Waals surface area contributed by atoms with Crippen LogP contribution in [0.15, 0.2) is 18.2 Å². The molecule has 1 amide bonds. The van der Waals surface area contributed by atoms with Crippen LogP contribution in [0.3, 0.4) is 0 Å². The number of rotatable bonds is 5. The first-order valence-electron chi connectivity index (χ1n) is 5.86. The average molecular weight is 236 g/mol. The molecule has 94 valence electrons. The summed E-state index contributed by atoms with van der Waals surface area (Å²) in [7, 11) is 0. The van der Waals surface area contributed by atoms with Crippen molar-refractivity contribution >= 4 is 11.6 Å². The predicted molar refractivity (Wildman–Crippen MR) is 68.9 cm³/mol. The zero-order valence-corrected chi connectivity index (χ0v) is 10.4. The molecule has 0 fully saturated rings. The van der Waals surface area contributed by atoms with Crippen LogP contribution in [0.2, 0.25) is 0 Å². The van der Waals surface area contributed by atoms with E-state index in [2.05, 4.69) is 0 Å². The molecular formula is C13H20N2O2. The molecule has 3 N–H and O–H groups in total. The van der Waals surface area contributed by atoms with Crippen LogP contribution in [-0.2, 0) is 0 Å². The van der Waals surface area contributed by atoms with Gasteiger partial charge in [-0.05, 0) is 31.0 Å². The second-order valence-corrected chi connectivity index (χ2v) is 4.09. The lowest BCUT2D eigenvalue weighted by atomic mass is 10.1. The lowest BCUT2D eigenvalue weighted by Gasteiger charge is -2.22. The number of nitrogen functional groups attached to an aromatic ring is 1. The summed E-state index contributed by atoms with van der Waals surface area (Å²) in [6, 6.07) is 5.31. The summed E-state index contributed by atoms with van der Waals surface area (Å²) in [6.07, 6.45) is 0.868. The molecule has 0 aliphatic rings.